The summed E-state index contributed by atoms with van der Waals surface area (Å²) in [5.74, 6) is -1.31. The van der Waals surface area contributed by atoms with E-state index in [2.05, 4.69) is 9.47 Å². The highest BCUT2D eigenvalue weighted by Gasteiger charge is 1.97. The van der Waals surface area contributed by atoms with Crippen LogP contribution in [0.15, 0.2) is 12.2 Å². The zero-order valence-electron chi connectivity index (χ0n) is 6.65. The number of carbonyl (C=O) groups is 2. The van der Waals surface area contributed by atoms with Gasteiger partial charge in [-0.1, -0.05) is 0 Å². The predicted octanol–water partition coefficient (Wildman–Crippen LogP) is -0.749. The summed E-state index contributed by atoms with van der Waals surface area (Å²) >= 11 is 0. The second-order valence-corrected chi connectivity index (χ2v) is 1.75. The average molecular weight is 174 g/mol. The van der Waals surface area contributed by atoms with Crippen molar-refractivity contribution in [2.75, 3.05) is 20.3 Å². The molecular weight excluding hydrogens is 164 g/mol. The van der Waals surface area contributed by atoms with Crippen LogP contribution in [0.3, 0.4) is 0 Å². The Morgan fingerprint density at radius 2 is 1.92 bits per heavy atom. The van der Waals surface area contributed by atoms with Crippen molar-refractivity contribution >= 4 is 11.9 Å². The Morgan fingerprint density at radius 1 is 1.33 bits per heavy atom. The Morgan fingerprint density at radius 3 is 2.42 bits per heavy atom. The van der Waals surface area contributed by atoms with Gasteiger partial charge >= 0.3 is 11.9 Å². The average Bonchev–Trinajstić information content (AvgIpc) is 2.10. The molecule has 0 atom stereocenters. The van der Waals surface area contributed by atoms with Gasteiger partial charge in [-0.25, -0.2) is 9.59 Å². The van der Waals surface area contributed by atoms with Gasteiger partial charge in [0.25, 0.3) is 0 Å². The lowest BCUT2D eigenvalue weighted by atomic mass is 10.5. The molecule has 0 unspecified atom stereocenters. The number of aliphatic hydroxyl groups is 1. The lowest BCUT2D eigenvalue weighted by Crippen LogP contribution is -2.06. The van der Waals surface area contributed by atoms with Gasteiger partial charge in [0.15, 0.2) is 0 Å². The number of hydrogen-bond donors (Lipinski definition) is 1. The Bertz CT molecular complexity index is 184. The van der Waals surface area contributed by atoms with Crippen LogP contribution in [-0.4, -0.2) is 37.4 Å². The van der Waals surface area contributed by atoms with Crippen LogP contribution in [0.5, 0.6) is 0 Å². The van der Waals surface area contributed by atoms with Gasteiger partial charge in [-0.3, -0.25) is 0 Å². The minimum atomic E-state index is -0.686. The Kier molecular flexibility index (Phi) is 5.64. The van der Waals surface area contributed by atoms with Gasteiger partial charge in [-0.05, 0) is 0 Å². The van der Waals surface area contributed by atoms with Crippen LogP contribution in [0.4, 0.5) is 0 Å². The lowest BCUT2D eigenvalue weighted by Gasteiger charge is -1.96. The molecule has 0 fully saturated rings. The van der Waals surface area contributed by atoms with Crippen LogP contribution in [-0.2, 0) is 19.1 Å². The van der Waals surface area contributed by atoms with Crippen LogP contribution < -0.4 is 0 Å². The molecule has 5 nitrogen and oxygen atoms in total. The number of methoxy groups -OCH3 is 1. The van der Waals surface area contributed by atoms with Gasteiger partial charge in [0, 0.05) is 12.2 Å². The van der Waals surface area contributed by atoms with Gasteiger partial charge in [0.05, 0.1) is 13.7 Å². The normalized spacial score (nSPS) is 9.83. The fraction of sp³-hybridized carbons (Fsp3) is 0.429. The first-order chi connectivity index (χ1) is 5.70. The van der Waals surface area contributed by atoms with Crippen LogP contribution in [0.25, 0.3) is 0 Å². The van der Waals surface area contributed by atoms with Crippen molar-refractivity contribution in [2.45, 2.75) is 0 Å². The van der Waals surface area contributed by atoms with Gasteiger partial charge in [0.2, 0.25) is 0 Å². The zero-order valence-corrected chi connectivity index (χ0v) is 6.65. The molecule has 0 saturated heterocycles. The predicted molar refractivity (Wildman–Crippen MR) is 39.2 cm³/mol. The molecule has 0 amide bonds. The van der Waals surface area contributed by atoms with E-state index in [1.165, 1.54) is 7.11 Å². The molecule has 0 rings (SSSR count). The summed E-state index contributed by atoms with van der Waals surface area (Å²) in [5, 5.41) is 8.25. The summed E-state index contributed by atoms with van der Waals surface area (Å²) in [6.07, 6.45) is 1.88. The third-order valence-electron chi connectivity index (χ3n) is 0.892. The Balaban J connectivity index is 3.67. The minimum absolute atomic E-state index is 0.0790. The zero-order chi connectivity index (χ0) is 9.40. The van der Waals surface area contributed by atoms with E-state index in [1.807, 2.05) is 0 Å². The first-order valence-electron chi connectivity index (χ1n) is 3.24. The Hall–Kier alpha value is -1.36. The summed E-state index contributed by atoms with van der Waals surface area (Å²) in [6, 6.07) is 0. The molecule has 0 saturated carbocycles. The van der Waals surface area contributed by atoms with Crippen molar-refractivity contribution in [1.29, 1.82) is 0 Å². The molecule has 12 heavy (non-hydrogen) atoms. The first kappa shape index (κ1) is 10.6. The van der Waals surface area contributed by atoms with E-state index < -0.39 is 11.9 Å². The van der Waals surface area contributed by atoms with E-state index in [4.69, 9.17) is 5.11 Å². The third-order valence-corrected chi connectivity index (χ3v) is 0.892. The van der Waals surface area contributed by atoms with Crippen molar-refractivity contribution in [1.82, 2.24) is 0 Å². The number of esters is 2. The maximum atomic E-state index is 10.6. The van der Waals surface area contributed by atoms with E-state index in [1.54, 1.807) is 0 Å². The van der Waals surface area contributed by atoms with Crippen LogP contribution >= 0.6 is 0 Å². The quantitative estimate of drug-likeness (QED) is 0.448. The number of hydrogen-bond acceptors (Lipinski definition) is 5. The van der Waals surface area contributed by atoms with Crippen molar-refractivity contribution in [2.24, 2.45) is 0 Å². The fourth-order valence-electron chi connectivity index (χ4n) is 0.398. The molecule has 0 aromatic rings. The summed E-state index contributed by atoms with van der Waals surface area (Å²) in [4.78, 5) is 21.0. The number of carbonyl (C=O) groups excluding carboxylic acids is 2. The molecular formula is C7H10O5. The molecule has 0 aromatic heterocycles. The summed E-state index contributed by atoms with van der Waals surface area (Å²) in [5.41, 5.74) is 0. The van der Waals surface area contributed by atoms with Crippen LogP contribution in [0.2, 0.25) is 0 Å². The van der Waals surface area contributed by atoms with Gasteiger partial charge < -0.3 is 14.6 Å². The highest BCUT2D eigenvalue weighted by atomic mass is 16.5. The highest BCUT2D eigenvalue weighted by molar-refractivity contribution is 5.91. The highest BCUT2D eigenvalue weighted by Crippen LogP contribution is 1.83. The topological polar surface area (TPSA) is 72.8 Å². The molecule has 0 aliphatic heterocycles. The lowest BCUT2D eigenvalue weighted by molar-refractivity contribution is -0.140. The van der Waals surface area contributed by atoms with E-state index in [0.29, 0.717) is 0 Å². The molecule has 0 aliphatic carbocycles. The first-order valence-corrected chi connectivity index (χ1v) is 3.24. The van der Waals surface area contributed by atoms with Crippen molar-refractivity contribution in [3.8, 4) is 0 Å². The summed E-state index contributed by atoms with van der Waals surface area (Å²) in [7, 11) is 1.20. The fourth-order valence-corrected chi connectivity index (χ4v) is 0.398. The summed E-state index contributed by atoms with van der Waals surface area (Å²) in [6.45, 7) is -0.317. The monoisotopic (exact) mass is 174 g/mol. The maximum absolute atomic E-state index is 10.6. The SMILES string of the molecule is COC(=O)C=CC(=O)OCCO. The molecule has 0 spiro atoms. The second kappa shape index (κ2) is 6.36. The third kappa shape index (κ3) is 5.43. The van der Waals surface area contributed by atoms with Crippen molar-refractivity contribution in [3.63, 3.8) is 0 Å². The van der Waals surface area contributed by atoms with Gasteiger partial charge in [-0.15, -0.1) is 0 Å². The standard InChI is InChI=1S/C7H10O5/c1-11-6(9)2-3-7(10)12-5-4-8/h2-3,8H,4-5H2,1H3. The van der Waals surface area contributed by atoms with Gasteiger partial charge in [-0.2, -0.15) is 0 Å². The molecule has 1 N–H and O–H groups in total. The molecule has 0 bridgehead atoms. The summed E-state index contributed by atoms with van der Waals surface area (Å²) < 4.78 is 8.62. The maximum Gasteiger partial charge on any atom is 0.331 e. The van der Waals surface area contributed by atoms with Gasteiger partial charge in [0.1, 0.15) is 6.61 Å². The molecule has 0 aliphatic rings. The molecule has 5 heteroatoms. The second-order valence-electron chi connectivity index (χ2n) is 1.75. The molecule has 0 radical (unpaired) electrons. The number of rotatable bonds is 4. The van der Waals surface area contributed by atoms with E-state index in [-0.39, 0.29) is 13.2 Å². The molecule has 0 heterocycles. The van der Waals surface area contributed by atoms with Crippen molar-refractivity contribution in [3.05, 3.63) is 12.2 Å². The van der Waals surface area contributed by atoms with Crippen molar-refractivity contribution < 1.29 is 24.2 Å². The van der Waals surface area contributed by atoms with E-state index >= 15 is 0 Å². The smallest absolute Gasteiger partial charge is 0.331 e. The largest absolute Gasteiger partial charge is 0.466 e. The number of ether oxygens (including phenoxy) is 2. The number of aliphatic hydroxyl groups excluding tert-OH is 1. The van der Waals surface area contributed by atoms with Crippen LogP contribution in [0.1, 0.15) is 0 Å². The van der Waals surface area contributed by atoms with E-state index in [9.17, 15) is 9.59 Å². The van der Waals surface area contributed by atoms with Crippen LogP contribution in [0, 0.1) is 0 Å². The van der Waals surface area contributed by atoms with E-state index in [0.717, 1.165) is 12.2 Å². The molecule has 68 valence electrons. The molecule has 0 aromatic carbocycles. The minimum Gasteiger partial charge on any atom is -0.466 e. The Labute approximate surface area is 69.6 Å².